The average Bonchev–Trinajstić information content (AvgIpc) is 3.14. The van der Waals surface area contributed by atoms with Gasteiger partial charge in [-0.15, -0.1) is 0 Å². The first-order valence-electron chi connectivity index (χ1n) is 11.5. The van der Waals surface area contributed by atoms with Gasteiger partial charge in [0.15, 0.2) is 11.5 Å². The van der Waals surface area contributed by atoms with E-state index in [0.29, 0.717) is 28.6 Å². The van der Waals surface area contributed by atoms with Gasteiger partial charge in [0.05, 0.1) is 19.8 Å². The standard InChI is InChI=1S/C26H33NO4/c1-15-21(11-23(31-15)20-5-6-22(29-3)24(10-20)30-4)25(28)27-16(2)26-12-17-7-18(13-26)9-19(8-17)14-26/h5-6,10-11,16-19H,7-9,12-14H2,1-4H3,(H,27,28)/t16-,17?,18?,19?,26?/m1/s1. The number of hydrogen-bond donors (Lipinski definition) is 1. The van der Waals surface area contributed by atoms with Crippen molar-refractivity contribution in [2.45, 2.75) is 58.4 Å². The van der Waals surface area contributed by atoms with E-state index < -0.39 is 0 Å². The van der Waals surface area contributed by atoms with Gasteiger partial charge in [0.1, 0.15) is 11.5 Å². The molecule has 4 saturated carbocycles. The summed E-state index contributed by atoms with van der Waals surface area (Å²) < 4.78 is 16.7. The van der Waals surface area contributed by atoms with Crippen LogP contribution in [0.2, 0.25) is 0 Å². The Morgan fingerprint density at radius 3 is 2.23 bits per heavy atom. The van der Waals surface area contributed by atoms with Gasteiger partial charge in [0, 0.05) is 11.6 Å². The van der Waals surface area contributed by atoms with Crippen molar-refractivity contribution >= 4 is 5.91 Å². The summed E-state index contributed by atoms with van der Waals surface area (Å²) in [4.78, 5) is 13.2. The number of carbonyl (C=O) groups is 1. The maximum Gasteiger partial charge on any atom is 0.255 e. The highest BCUT2D eigenvalue weighted by Crippen LogP contribution is 2.61. The Kier molecular flexibility index (Phi) is 5.03. The smallest absolute Gasteiger partial charge is 0.255 e. The molecule has 4 aliphatic rings. The Hall–Kier alpha value is -2.43. The van der Waals surface area contributed by atoms with Crippen LogP contribution in [0, 0.1) is 30.1 Å². The molecule has 0 unspecified atom stereocenters. The minimum Gasteiger partial charge on any atom is -0.493 e. The zero-order valence-corrected chi connectivity index (χ0v) is 19.0. The molecule has 1 atom stereocenters. The van der Waals surface area contributed by atoms with Crippen molar-refractivity contribution in [1.82, 2.24) is 5.32 Å². The lowest BCUT2D eigenvalue weighted by atomic mass is 9.48. The fraction of sp³-hybridized carbons (Fsp3) is 0.577. The van der Waals surface area contributed by atoms with E-state index in [1.165, 1.54) is 38.5 Å². The lowest BCUT2D eigenvalue weighted by Crippen LogP contribution is -2.55. The number of methoxy groups -OCH3 is 2. The first kappa shape index (κ1) is 20.5. The molecule has 0 aliphatic heterocycles. The third-order valence-electron chi connectivity index (χ3n) is 8.18. The summed E-state index contributed by atoms with van der Waals surface area (Å²) in [5.74, 6) is 5.18. The molecule has 1 amide bonds. The van der Waals surface area contributed by atoms with E-state index in [1.54, 1.807) is 14.2 Å². The van der Waals surface area contributed by atoms with Crippen LogP contribution in [0.5, 0.6) is 11.5 Å². The second kappa shape index (κ2) is 7.61. The van der Waals surface area contributed by atoms with Crippen molar-refractivity contribution in [3.8, 4) is 22.8 Å². The second-order valence-corrected chi connectivity index (χ2v) is 10.1. The normalized spacial score (nSPS) is 29.6. The number of ether oxygens (including phenoxy) is 2. The number of hydrogen-bond acceptors (Lipinski definition) is 4. The molecule has 1 aromatic carbocycles. The number of rotatable bonds is 6. The van der Waals surface area contributed by atoms with E-state index >= 15 is 0 Å². The minimum atomic E-state index is -0.0313. The summed E-state index contributed by atoms with van der Waals surface area (Å²) in [5, 5.41) is 3.36. The zero-order chi connectivity index (χ0) is 21.8. The Morgan fingerprint density at radius 1 is 1.03 bits per heavy atom. The lowest BCUT2D eigenvalue weighted by molar-refractivity contribution is -0.0688. The van der Waals surface area contributed by atoms with Crippen LogP contribution in [-0.4, -0.2) is 26.2 Å². The fourth-order valence-electron chi connectivity index (χ4n) is 6.97. The average molecular weight is 424 g/mol. The van der Waals surface area contributed by atoms with E-state index in [0.717, 1.165) is 23.3 Å². The van der Waals surface area contributed by atoms with Crippen molar-refractivity contribution in [1.29, 1.82) is 0 Å². The van der Waals surface area contributed by atoms with Crippen LogP contribution in [0.1, 0.15) is 61.6 Å². The van der Waals surface area contributed by atoms with Crippen molar-refractivity contribution in [3.05, 3.63) is 35.6 Å². The van der Waals surface area contributed by atoms with Gasteiger partial charge in [0.2, 0.25) is 0 Å². The fourth-order valence-corrected chi connectivity index (χ4v) is 6.97. The van der Waals surface area contributed by atoms with Crippen LogP contribution in [0.15, 0.2) is 28.7 Å². The summed E-state index contributed by atoms with van der Waals surface area (Å²) in [6, 6.07) is 7.67. The third kappa shape index (κ3) is 3.52. The van der Waals surface area contributed by atoms with Crippen LogP contribution >= 0.6 is 0 Å². The Morgan fingerprint density at radius 2 is 1.65 bits per heavy atom. The summed E-state index contributed by atoms with van der Waals surface area (Å²) in [5.41, 5.74) is 1.75. The van der Waals surface area contributed by atoms with Crippen molar-refractivity contribution in [3.63, 3.8) is 0 Å². The maximum absolute atomic E-state index is 13.2. The molecule has 0 spiro atoms. The molecule has 31 heavy (non-hydrogen) atoms. The van der Waals surface area contributed by atoms with Gasteiger partial charge in [0.25, 0.3) is 5.91 Å². The molecular weight excluding hydrogens is 390 g/mol. The molecule has 4 fully saturated rings. The number of nitrogens with one attached hydrogen (secondary N) is 1. The Bertz CT molecular complexity index is 956. The molecular formula is C26H33NO4. The van der Waals surface area contributed by atoms with Gasteiger partial charge in [-0.2, -0.15) is 0 Å². The maximum atomic E-state index is 13.2. The van der Waals surface area contributed by atoms with Gasteiger partial charge in [-0.05, 0) is 99.8 Å². The number of aryl methyl sites for hydroxylation is 1. The highest BCUT2D eigenvalue weighted by Gasteiger charge is 2.53. The van der Waals surface area contributed by atoms with E-state index in [4.69, 9.17) is 13.9 Å². The van der Waals surface area contributed by atoms with Gasteiger partial charge in [-0.3, -0.25) is 4.79 Å². The Labute approximate surface area is 184 Å². The zero-order valence-electron chi connectivity index (χ0n) is 19.0. The molecule has 1 aromatic heterocycles. The molecule has 4 aliphatic carbocycles. The first-order chi connectivity index (χ1) is 14.9. The molecule has 166 valence electrons. The monoisotopic (exact) mass is 423 g/mol. The molecule has 0 radical (unpaired) electrons. The van der Waals surface area contributed by atoms with Gasteiger partial charge in [-0.1, -0.05) is 0 Å². The van der Waals surface area contributed by atoms with Crippen LogP contribution in [0.25, 0.3) is 11.3 Å². The number of amides is 1. The summed E-state index contributed by atoms with van der Waals surface area (Å²) in [6.07, 6.45) is 8.07. The first-order valence-corrected chi connectivity index (χ1v) is 11.5. The predicted molar refractivity (Wildman–Crippen MR) is 120 cm³/mol. The van der Waals surface area contributed by atoms with Crippen LogP contribution in [-0.2, 0) is 0 Å². The van der Waals surface area contributed by atoms with Crippen molar-refractivity contribution < 1.29 is 18.7 Å². The summed E-state index contributed by atoms with van der Waals surface area (Å²) >= 11 is 0. The number of benzene rings is 1. The second-order valence-electron chi connectivity index (χ2n) is 10.1. The summed E-state index contributed by atoms with van der Waals surface area (Å²) in [6.45, 7) is 4.07. The SMILES string of the molecule is COc1ccc(-c2cc(C(=O)N[C@H](C)C34CC5CC(CC(C5)C3)C4)c(C)o2)cc1OC. The van der Waals surface area contributed by atoms with Gasteiger partial charge in [-0.25, -0.2) is 0 Å². The molecule has 5 heteroatoms. The van der Waals surface area contributed by atoms with E-state index in [2.05, 4.69) is 12.2 Å². The quantitative estimate of drug-likeness (QED) is 0.656. The molecule has 5 nitrogen and oxygen atoms in total. The third-order valence-corrected chi connectivity index (χ3v) is 8.18. The predicted octanol–water partition coefficient (Wildman–Crippen LogP) is 5.61. The summed E-state index contributed by atoms with van der Waals surface area (Å²) in [7, 11) is 3.22. The molecule has 6 rings (SSSR count). The molecule has 0 saturated heterocycles. The number of furan rings is 1. The van der Waals surface area contributed by atoms with E-state index in [9.17, 15) is 4.79 Å². The van der Waals surface area contributed by atoms with Crippen LogP contribution < -0.4 is 14.8 Å². The van der Waals surface area contributed by atoms with Crippen molar-refractivity contribution in [2.24, 2.45) is 23.2 Å². The molecule has 1 N–H and O–H groups in total. The highest BCUT2D eigenvalue weighted by atomic mass is 16.5. The van der Waals surface area contributed by atoms with Gasteiger partial charge < -0.3 is 19.2 Å². The topological polar surface area (TPSA) is 60.7 Å². The largest absolute Gasteiger partial charge is 0.493 e. The van der Waals surface area contributed by atoms with Crippen LogP contribution in [0.3, 0.4) is 0 Å². The molecule has 4 bridgehead atoms. The molecule has 2 aromatic rings. The Balaban J connectivity index is 1.34. The van der Waals surface area contributed by atoms with E-state index in [-0.39, 0.29) is 17.4 Å². The van der Waals surface area contributed by atoms with E-state index in [1.807, 2.05) is 31.2 Å². The van der Waals surface area contributed by atoms with Crippen LogP contribution in [0.4, 0.5) is 0 Å². The van der Waals surface area contributed by atoms with Crippen molar-refractivity contribution in [2.75, 3.05) is 14.2 Å². The lowest BCUT2D eigenvalue weighted by Gasteiger charge is -2.59. The number of carbonyl (C=O) groups excluding carboxylic acids is 1. The highest BCUT2D eigenvalue weighted by molar-refractivity contribution is 5.96. The molecule has 1 heterocycles. The minimum absolute atomic E-state index is 0.0313. The van der Waals surface area contributed by atoms with Gasteiger partial charge >= 0.3 is 0 Å².